The lowest BCUT2D eigenvalue weighted by Gasteiger charge is -2.38. The molecule has 0 saturated carbocycles. The third-order valence-electron chi connectivity index (χ3n) is 4.89. The van der Waals surface area contributed by atoms with Crippen molar-refractivity contribution in [1.82, 2.24) is 5.32 Å². The lowest BCUT2D eigenvalue weighted by Crippen LogP contribution is -2.49. The molecule has 150 valence electrons. The number of halogens is 2. The second-order valence-electron chi connectivity index (χ2n) is 6.77. The van der Waals surface area contributed by atoms with Crippen LogP contribution in [0.15, 0.2) is 53.4 Å². The van der Waals surface area contributed by atoms with E-state index in [-0.39, 0.29) is 28.8 Å². The second-order valence-corrected chi connectivity index (χ2v) is 9.32. The molecule has 0 atom stereocenters. The molecule has 2 aromatic carbocycles. The Balaban J connectivity index is 1.70. The molecule has 0 bridgehead atoms. The number of hydrogen-bond donors (Lipinski definition) is 1. The molecule has 2 aromatic rings. The van der Waals surface area contributed by atoms with Crippen LogP contribution in [-0.4, -0.2) is 33.3 Å². The van der Waals surface area contributed by atoms with Crippen molar-refractivity contribution < 1.29 is 22.3 Å². The van der Waals surface area contributed by atoms with Gasteiger partial charge >= 0.3 is 0 Å². The number of ether oxygens (including phenoxy) is 1. The monoisotopic (exact) mass is 425 g/mol. The Bertz CT molecular complexity index is 924. The van der Waals surface area contributed by atoms with Gasteiger partial charge in [0, 0.05) is 24.7 Å². The van der Waals surface area contributed by atoms with Crippen LogP contribution in [0.2, 0.25) is 5.02 Å². The SMILES string of the molecule is O=C(CCS(=O)(=O)c1ccc(Cl)cc1)NC1(c2ccc(F)cc2)CCOCC1. The van der Waals surface area contributed by atoms with Crippen LogP contribution in [0.5, 0.6) is 0 Å². The summed E-state index contributed by atoms with van der Waals surface area (Å²) in [6, 6.07) is 11.8. The minimum absolute atomic E-state index is 0.129. The summed E-state index contributed by atoms with van der Waals surface area (Å²) in [4.78, 5) is 12.7. The molecule has 1 N–H and O–H groups in total. The number of nitrogens with one attached hydrogen (secondary N) is 1. The Kier molecular flexibility index (Phi) is 6.37. The van der Waals surface area contributed by atoms with Gasteiger partial charge in [0.25, 0.3) is 0 Å². The van der Waals surface area contributed by atoms with E-state index in [1.165, 1.54) is 36.4 Å². The van der Waals surface area contributed by atoms with E-state index < -0.39 is 15.4 Å². The van der Waals surface area contributed by atoms with Crippen LogP contribution in [0.4, 0.5) is 4.39 Å². The summed E-state index contributed by atoms with van der Waals surface area (Å²) in [5.74, 6) is -1.04. The molecule has 0 unspecified atom stereocenters. The predicted molar refractivity (Wildman–Crippen MR) is 104 cm³/mol. The van der Waals surface area contributed by atoms with Gasteiger partial charge in [-0.1, -0.05) is 23.7 Å². The number of amides is 1. The first kappa shape index (κ1) is 20.8. The zero-order valence-electron chi connectivity index (χ0n) is 15.2. The first-order valence-electron chi connectivity index (χ1n) is 8.94. The van der Waals surface area contributed by atoms with Gasteiger partial charge in [0.15, 0.2) is 9.84 Å². The first-order chi connectivity index (χ1) is 13.3. The Morgan fingerprint density at radius 2 is 1.68 bits per heavy atom. The third kappa shape index (κ3) is 4.90. The first-order valence-corrected chi connectivity index (χ1v) is 11.0. The number of carbonyl (C=O) groups is 1. The van der Waals surface area contributed by atoms with Crippen molar-refractivity contribution in [1.29, 1.82) is 0 Å². The maximum Gasteiger partial charge on any atom is 0.221 e. The predicted octanol–water partition coefficient (Wildman–Crippen LogP) is 3.47. The van der Waals surface area contributed by atoms with Gasteiger partial charge in [-0.2, -0.15) is 0 Å². The molecule has 1 heterocycles. The van der Waals surface area contributed by atoms with E-state index in [4.69, 9.17) is 16.3 Å². The summed E-state index contributed by atoms with van der Waals surface area (Å²) in [6.45, 7) is 0.918. The van der Waals surface area contributed by atoms with Gasteiger partial charge in [-0.25, -0.2) is 12.8 Å². The molecule has 1 fully saturated rings. The average Bonchev–Trinajstić information content (AvgIpc) is 2.68. The van der Waals surface area contributed by atoms with Crippen molar-refractivity contribution in [3.8, 4) is 0 Å². The fourth-order valence-electron chi connectivity index (χ4n) is 3.29. The van der Waals surface area contributed by atoms with Crippen LogP contribution >= 0.6 is 11.6 Å². The molecule has 1 aliphatic heterocycles. The minimum atomic E-state index is -3.60. The second kappa shape index (κ2) is 8.59. The summed E-state index contributed by atoms with van der Waals surface area (Å²) in [5, 5.41) is 3.42. The largest absolute Gasteiger partial charge is 0.381 e. The van der Waals surface area contributed by atoms with Crippen LogP contribution in [0.25, 0.3) is 0 Å². The summed E-state index contributed by atoms with van der Waals surface area (Å²) < 4.78 is 43.6. The highest BCUT2D eigenvalue weighted by atomic mass is 35.5. The Hall–Kier alpha value is -1.96. The quantitative estimate of drug-likeness (QED) is 0.769. The van der Waals surface area contributed by atoms with Crippen LogP contribution in [0, 0.1) is 5.82 Å². The fraction of sp³-hybridized carbons (Fsp3) is 0.350. The summed E-state index contributed by atoms with van der Waals surface area (Å²) >= 11 is 5.79. The highest BCUT2D eigenvalue weighted by Crippen LogP contribution is 2.32. The molecule has 28 heavy (non-hydrogen) atoms. The highest BCUT2D eigenvalue weighted by molar-refractivity contribution is 7.91. The van der Waals surface area contributed by atoms with Gasteiger partial charge in [-0.05, 0) is 54.8 Å². The Morgan fingerprint density at radius 1 is 1.07 bits per heavy atom. The fourth-order valence-corrected chi connectivity index (χ4v) is 4.66. The van der Waals surface area contributed by atoms with Gasteiger partial charge in [0.2, 0.25) is 5.91 Å². The number of rotatable bonds is 6. The molecule has 0 radical (unpaired) electrons. The molecule has 0 aromatic heterocycles. The van der Waals surface area contributed by atoms with Gasteiger partial charge in [0.05, 0.1) is 16.2 Å². The molecular formula is C20H21ClFNO4S. The van der Waals surface area contributed by atoms with E-state index in [0.717, 1.165) is 5.56 Å². The van der Waals surface area contributed by atoms with Crippen LogP contribution < -0.4 is 5.32 Å². The van der Waals surface area contributed by atoms with E-state index >= 15 is 0 Å². The average molecular weight is 426 g/mol. The standard InChI is InChI=1S/C20H21ClFNO4S/c21-16-3-7-18(8-4-16)28(25,26)14-9-19(24)23-20(10-12-27-13-11-20)15-1-5-17(22)6-2-15/h1-8H,9-14H2,(H,23,24). The smallest absolute Gasteiger partial charge is 0.221 e. The summed E-state index contributed by atoms with van der Waals surface area (Å²) in [6.07, 6.45) is 0.900. The van der Waals surface area contributed by atoms with Gasteiger partial charge in [-0.15, -0.1) is 0 Å². The van der Waals surface area contributed by atoms with Crippen molar-refractivity contribution in [3.63, 3.8) is 0 Å². The molecular weight excluding hydrogens is 405 g/mol. The van der Waals surface area contributed by atoms with Gasteiger partial charge in [-0.3, -0.25) is 4.79 Å². The van der Waals surface area contributed by atoms with E-state index in [1.54, 1.807) is 12.1 Å². The minimum Gasteiger partial charge on any atom is -0.381 e. The third-order valence-corrected chi connectivity index (χ3v) is 6.88. The van der Waals surface area contributed by atoms with Crippen molar-refractivity contribution >= 4 is 27.3 Å². The summed E-state index contributed by atoms with van der Waals surface area (Å²) in [5.41, 5.74) is 0.0960. The number of carbonyl (C=O) groups excluding carboxylic acids is 1. The molecule has 5 nitrogen and oxygen atoms in total. The molecule has 0 aliphatic carbocycles. The number of hydrogen-bond acceptors (Lipinski definition) is 4. The van der Waals surface area contributed by atoms with Crippen molar-refractivity contribution in [2.24, 2.45) is 0 Å². The summed E-state index contributed by atoms with van der Waals surface area (Å²) in [7, 11) is -3.60. The highest BCUT2D eigenvalue weighted by Gasteiger charge is 2.36. The van der Waals surface area contributed by atoms with Crippen molar-refractivity contribution in [3.05, 3.63) is 64.9 Å². The van der Waals surface area contributed by atoms with Crippen LogP contribution in [-0.2, 0) is 24.9 Å². The normalized spacial score (nSPS) is 16.5. The molecule has 1 saturated heterocycles. The van der Waals surface area contributed by atoms with Gasteiger partial charge in [0.1, 0.15) is 5.82 Å². The molecule has 0 spiro atoms. The Morgan fingerprint density at radius 3 is 2.29 bits per heavy atom. The van der Waals surface area contributed by atoms with E-state index in [9.17, 15) is 17.6 Å². The van der Waals surface area contributed by atoms with E-state index in [1.807, 2.05) is 0 Å². The Labute approximate surface area is 168 Å². The molecule has 3 rings (SSSR count). The van der Waals surface area contributed by atoms with Crippen LogP contribution in [0.1, 0.15) is 24.8 Å². The number of sulfone groups is 1. The molecule has 8 heteroatoms. The zero-order valence-corrected chi connectivity index (χ0v) is 16.7. The van der Waals surface area contributed by atoms with Crippen LogP contribution in [0.3, 0.4) is 0 Å². The lowest BCUT2D eigenvalue weighted by molar-refractivity contribution is -0.124. The van der Waals surface area contributed by atoms with Crippen molar-refractivity contribution in [2.75, 3.05) is 19.0 Å². The lowest BCUT2D eigenvalue weighted by atomic mass is 9.82. The maximum atomic E-state index is 13.3. The maximum absolute atomic E-state index is 13.3. The number of benzene rings is 2. The van der Waals surface area contributed by atoms with Crippen molar-refractivity contribution in [2.45, 2.75) is 29.7 Å². The molecule has 1 aliphatic rings. The molecule has 1 amide bonds. The zero-order chi connectivity index (χ0) is 20.2. The van der Waals surface area contributed by atoms with E-state index in [0.29, 0.717) is 31.1 Å². The van der Waals surface area contributed by atoms with Gasteiger partial charge < -0.3 is 10.1 Å². The topological polar surface area (TPSA) is 72.5 Å². The van der Waals surface area contributed by atoms with E-state index in [2.05, 4.69) is 5.32 Å².